The molecule has 2 heterocycles. The Kier molecular flexibility index (Phi) is 3.37. The van der Waals surface area contributed by atoms with Gasteiger partial charge in [0.1, 0.15) is 11.4 Å². The lowest BCUT2D eigenvalue weighted by molar-refractivity contribution is -0.121. The summed E-state index contributed by atoms with van der Waals surface area (Å²) in [5.41, 5.74) is 1.52. The molecule has 3 rings (SSSR count). The summed E-state index contributed by atoms with van der Waals surface area (Å²) in [4.78, 5) is 15.2. The summed E-state index contributed by atoms with van der Waals surface area (Å²) in [7, 11) is 1.72. The quantitative estimate of drug-likeness (QED) is 0.751. The molecule has 0 aromatic heterocycles. The Morgan fingerprint density at radius 1 is 1.40 bits per heavy atom. The minimum atomic E-state index is -0.0962. The Labute approximate surface area is 132 Å². The van der Waals surface area contributed by atoms with Crippen LogP contribution in [0.15, 0.2) is 15.0 Å². The van der Waals surface area contributed by atoms with Gasteiger partial charge in [0.25, 0.3) is 5.91 Å². The molecule has 0 unspecified atom stereocenters. The van der Waals surface area contributed by atoms with Crippen LogP contribution in [0.5, 0.6) is 5.75 Å². The van der Waals surface area contributed by atoms with E-state index >= 15 is 0 Å². The number of nitrogens with zero attached hydrogens (tertiary/aromatic N) is 2. The van der Waals surface area contributed by atoms with E-state index in [0.717, 1.165) is 21.2 Å². The molecule has 0 radical (unpaired) electrons. The summed E-state index contributed by atoms with van der Waals surface area (Å²) < 4.78 is 7.03. The second-order valence-electron chi connectivity index (χ2n) is 4.54. The molecule has 0 bridgehead atoms. The first-order chi connectivity index (χ1) is 9.50. The van der Waals surface area contributed by atoms with Crippen molar-refractivity contribution in [2.75, 3.05) is 36.5 Å². The van der Waals surface area contributed by atoms with Gasteiger partial charge in [-0.2, -0.15) is 0 Å². The van der Waals surface area contributed by atoms with E-state index in [2.05, 4.69) is 37.2 Å². The molecular weight excluding hydrogens is 392 g/mol. The SMILES string of the molecule is CN1C(=O)COc2cc(Br)c(N3CCNC3=N)c(Br)c21. The number of rotatable bonds is 1. The molecule has 0 aliphatic carbocycles. The molecule has 1 aromatic rings. The fraction of sp³-hybridized carbons (Fsp3) is 0.333. The summed E-state index contributed by atoms with van der Waals surface area (Å²) in [6.45, 7) is 1.47. The molecule has 1 saturated heterocycles. The number of carbonyl (C=O) groups excluding carboxylic acids is 1. The molecule has 0 atom stereocenters. The van der Waals surface area contributed by atoms with Crippen molar-refractivity contribution in [3.05, 3.63) is 15.0 Å². The zero-order chi connectivity index (χ0) is 14.4. The normalized spacial score (nSPS) is 17.9. The number of guanidine groups is 1. The zero-order valence-corrected chi connectivity index (χ0v) is 13.8. The van der Waals surface area contributed by atoms with Gasteiger partial charge in [0.05, 0.1) is 10.2 Å². The molecule has 20 heavy (non-hydrogen) atoms. The number of anilines is 2. The first-order valence-corrected chi connectivity index (χ1v) is 7.60. The Morgan fingerprint density at radius 2 is 2.15 bits per heavy atom. The highest BCUT2D eigenvalue weighted by Crippen LogP contribution is 2.48. The van der Waals surface area contributed by atoms with Crippen molar-refractivity contribution in [2.45, 2.75) is 0 Å². The van der Waals surface area contributed by atoms with Gasteiger partial charge in [-0.3, -0.25) is 10.2 Å². The van der Waals surface area contributed by atoms with Crippen LogP contribution in [0.4, 0.5) is 11.4 Å². The van der Waals surface area contributed by atoms with Gasteiger partial charge < -0.3 is 19.9 Å². The number of fused-ring (bicyclic) bond motifs is 1. The Bertz CT molecular complexity index is 620. The maximum absolute atomic E-state index is 11.8. The van der Waals surface area contributed by atoms with Crippen molar-refractivity contribution >= 4 is 55.1 Å². The number of likely N-dealkylation sites (N-methyl/N-ethyl adjacent to an activating group) is 1. The summed E-state index contributed by atoms with van der Waals surface area (Å²) in [6.07, 6.45) is 0. The van der Waals surface area contributed by atoms with Crippen LogP contribution in [0, 0.1) is 5.41 Å². The summed E-state index contributed by atoms with van der Waals surface area (Å²) in [5, 5.41) is 10.9. The molecule has 6 nitrogen and oxygen atoms in total. The number of amides is 1. The monoisotopic (exact) mass is 402 g/mol. The van der Waals surface area contributed by atoms with Crippen LogP contribution >= 0.6 is 31.9 Å². The molecule has 2 aliphatic heterocycles. The van der Waals surface area contributed by atoms with Crippen molar-refractivity contribution in [1.29, 1.82) is 5.41 Å². The third-order valence-electron chi connectivity index (χ3n) is 3.36. The summed E-state index contributed by atoms with van der Waals surface area (Å²) in [6, 6.07) is 1.84. The van der Waals surface area contributed by atoms with Crippen LogP contribution < -0.4 is 19.9 Å². The van der Waals surface area contributed by atoms with E-state index < -0.39 is 0 Å². The van der Waals surface area contributed by atoms with E-state index in [9.17, 15) is 4.79 Å². The van der Waals surface area contributed by atoms with Crippen molar-refractivity contribution in [3.8, 4) is 5.75 Å². The zero-order valence-electron chi connectivity index (χ0n) is 10.7. The van der Waals surface area contributed by atoms with E-state index in [4.69, 9.17) is 10.1 Å². The maximum atomic E-state index is 11.8. The molecule has 2 aliphatic rings. The maximum Gasteiger partial charge on any atom is 0.264 e. The van der Waals surface area contributed by atoms with Crippen molar-refractivity contribution in [2.24, 2.45) is 0 Å². The molecule has 8 heteroatoms. The van der Waals surface area contributed by atoms with Gasteiger partial charge in [-0.25, -0.2) is 0 Å². The average Bonchev–Trinajstić information content (AvgIpc) is 2.80. The van der Waals surface area contributed by atoms with E-state index in [-0.39, 0.29) is 12.5 Å². The lowest BCUT2D eigenvalue weighted by Crippen LogP contribution is -2.36. The van der Waals surface area contributed by atoms with Crippen LogP contribution in [0.25, 0.3) is 0 Å². The number of hydrogen-bond donors (Lipinski definition) is 2. The Morgan fingerprint density at radius 3 is 2.80 bits per heavy atom. The van der Waals surface area contributed by atoms with E-state index in [1.807, 2.05) is 11.0 Å². The molecule has 1 amide bonds. The van der Waals surface area contributed by atoms with Crippen LogP contribution in [0.1, 0.15) is 0 Å². The van der Waals surface area contributed by atoms with Crippen LogP contribution in [0.2, 0.25) is 0 Å². The highest BCUT2D eigenvalue weighted by molar-refractivity contribution is 9.11. The molecule has 1 fully saturated rings. The minimum Gasteiger partial charge on any atom is -0.481 e. The minimum absolute atomic E-state index is 0.0445. The van der Waals surface area contributed by atoms with Crippen LogP contribution in [-0.2, 0) is 4.79 Å². The molecule has 0 saturated carbocycles. The van der Waals surface area contributed by atoms with E-state index in [1.54, 1.807) is 11.9 Å². The smallest absolute Gasteiger partial charge is 0.264 e. The fourth-order valence-corrected chi connectivity index (χ4v) is 4.10. The van der Waals surface area contributed by atoms with Crippen molar-refractivity contribution < 1.29 is 9.53 Å². The number of ether oxygens (including phenoxy) is 1. The molecule has 0 spiro atoms. The number of carbonyl (C=O) groups is 1. The first kappa shape index (κ1) is 13.7. The topological polar surface area (TPSA) is 68.7 Å². The lowest BCUT2D eigenvalue weighted by atomic mass is 10.2. The number of nitrogens with one attached hydrogen (secondary N) is 2. The van der Waals surface area contributed by atoms with Crippen LogP contribution in [0.3, 0.4) is 0 Å². The summed E-state index contributed by atoms with van der Waals surface area (Å²) in [5.74, 6) is 0.895. The summed E-state index contributed by atoms with van der Waals surface area (Å²) >= 11 is 7.07. The van der Waals surface area contributed by atoms with E-state index in [0.29, 0.717) is 23.9 Å². The first-order valence-electron chi connectivity index (χ1n) is 6.02. The van der Waals surface area contributed by atoms with Gasteiger partial charge in [0, 0.05) is 24.6 Å². The van der Waals surface area contributed by atoms with Crippen molar-refractivity contribution in [3.63, 3.8) is 0 Å². The predicted molar refractivity (Wildman–Crippen MR) is 83.8 cm³/mol. The van der Waals surface area contributed by atoms with Gasteiger partial charge in [0.2, 0.25) is 0 Å². The van der Waals surface area contributed by atoms with Crippen molar-refractivity contribution in [1.82, 2.24) is 5.32 Å². The van der Waals surface area contributed by atoms with Gasteiger partial charge >= 0.3 is 0 Å². The third kappa shape index (κ3) is 1.98. The van der Waals surface area contributed by atoms with Crippen LogP contribution in [-0.4, -0.2) is 38.6 Å². The Balaban J connectivity index is 2.17. The molecule has 106 valence electrons. The van der Waals surface area contributed by atoms with Gasteiger partial charge in [-0.1, -0.05) is 0 Å². The number of benzene rings is 1. The highest BCUT2D eigenvalue weighted by atomic mass is 79.9. The number of halogens is 2. The largest absolute Gasteiger partial charge is 0.481 e. The standard InChI is InChI=1S/C12H12Br2N4O2/c1-17-8(19)5-20-7-4-6(13)10(9(14)11(7)17)18-3-2-16-12(18)15/h4H,2-3,5H2,1H3,(H2,15,16). The molecule has 1 aromatic carbocycles. The molecule has 2 N–H and O–H groups in total. The van der Waals surface area contributed by atoms with Gasteiger partial charge in [0.15, 0.2) is 12.6 Å². The number of hydrogen-bond acceptors (Lipinski definition) is 3. The highest BCUT2D eigenvalue weighted by Gasteiger charge is 2.31. The van der Waals surface area contributed by atoms with E-state index in [1.165, 1.54) is 0 Å². The van der Waals surface area contributed by atoms with Gasteiger partial charge in [-0.05, 0) is 37.9 Å². The average molecular weight is 404 g/mol. The Hall–Kier alpha value is -1.28. The lowest BCUT2D eigenvalue weighted by Gasteiger charge is -2.30. The van der Waals surface area contributed by atoms with Gasteiger partial charge in [-0.15, -0.1) is 0 Å². The second kappa shape index (κ2) is 4.92. The predicted octanol–water partition coefficient (Wildman–Crippen LogP) is 1.91. The third-order valence-corrected chi connectivity index (χ3v) is 4.72. The fourth-order valence-electron chi connectivity index (χ4n) is 2.32. The second-order valence-corrected chi connectivity index (χ2v) is 6.18. The molecular formula is C12H12Br2N4O2.